The van der Waals surface area contributed by atoms with Gasteiger partial charge in [-0.05, 0) is 51.8 Å². The summed E-state index contributed by atoms with van der Waals surface area (Å²) in [5, 5.41) is 12.3. The third kappa shape index (κ3) is 4.11. The number of carbonyl (C=O) groups excluding carboxylic acids is 1. The molecule has 0 aliphatic heterocycles. The largest absolute Gasteiger partial charge is 0.481 e. The number of anilines is 1. The molecule has 4 aromatic rings. The van der Waals surface area contributed by atoms with E-state index in [9.17, 15) is 14.7 Å². The molecule has 7 heteroatoms. The van der Waals surface area contributed by atoms with Gasteiger partial charge in [-0.15, -0.1) is 0 Å². The Morgan fingerprint density at radius 1 is 1.03 bits per heavy atom. The van der Waals surface area contributed by atoms with Gasteiger partial charge in [-0.3, -0.25) is 9.59 Å². The maximum atomic E-state index is 12.6. The molecule has 4 rings (SSSR count). The highest BCUT2D eigenvalue weighted by Crippen LogP contribution is 2.28. The van der Waals surface area contributed by atoms with Gasteiger partial charge in [0.05, 0.1) is 35.4 Å². The Labute approximate surface area is 181 Å². The molecular formula is C23H18BrN3O3. The summed E-state index contributed by atoms with van der Waals surface area (Å²) < 4.78 is 2.57. The average Bonchev–Trinajstić information content (AvgIpc) is 3.16. The van der Waals surface area contributed by atoms with Crippen LogP contribution in [0.5, 0.6) is 0 Å². The quantitative estimate of drug-likeness (QED) is 0.415. The molecule has 1 amide bonds. The molecule has 0 saturated carbocycles. The van der Waals surface area contributed by atoms with Gasteiger partial charge in [-0.25, -0.2) is 4.98 Å². The molecule has 0 spiro atoms. The number of aliphatic carboxylic acids is 1. The molecule has 0 radical (unpaired) electrons. The van der Waals surface area contributed by atoms with E-state index in [0.717, 1.165) is 11.1 Å². The lowest BCUT2D eigenvalue weighted by atomic mass is 10.0. The number of imidazole rings is 1. The maximum Gasteiger partial charge on any atom is 0.305 e. The normalized spacial score (nSPS) is 11.9. The minimum Gasteiger partial charge on any atom is -0.481 e. The lowest BCUT2D eigenvalue weighted by molar-refractivity contribution is -0.137. The number of rotatable bonds is 6. The summed E-state index contributed by atoms with van der Waals surface area (Å²) in [5.74, 6) is -1.11. The van der Waals surface area contributed by atoms with Crippen LogP contribution in [0.25, 0.3) is 11.0 Å². The molecule has 150 valence electrons. The zero-order valence-electron chi connectivity index (χ0n) is 15.8. The van der Waals surface area contributed by atoms with Crippen molar-refractivity contribution >= 4 is 44.5 Å². The summed E-state index contributed by atoms with van der Waals surface area (Å²) in [6.07, 6.45) is 1.58. The molecular weight excluding hydrogens is 446 g/mol. The van der Waals surface area contributed by atoms with Gasteiger partial charge in [0.1, 0.15) is 0 Å². The number of nitrogens with zero attached hydrogens (tertiary/aromatic N) is 2. The number of amides is 1. The zero-order chi connectivity index (χ0) is 21.1. The Balaban J connectivity index is 1.65. The van der Waals surface area contributed by atoms with Crippen LogP contribution in [0.2, 0.25) is 0 Å². The Hall–Kier alpha value is -3.45. The van der Waals surface area contributed by atoms with Gasteiger partial charge in [0.15, 0.2) is 0 Å². The first-order valence-corrected chi connectivity index (χ1v) is 10.1. The van der Waals surface area contributed by atoms with E-state index >= 15 is 0 Å². The number of benzene rings is 3. The van der Waals surface area contributed by atoms with Gasteiger partial charge in [-0.1, -0.05) is 42.5 Å². The summed E-state index contributed by atoms with van der Waals surface area (Å²) in [6.45, 7) is 0. The predicted octanol–water partition coefficient (Wildman–Crippen LogP) is 5.12. The van der Waals surface area contributed by atoms with Gasteiger partial charge in [-0.2, -0.15) is 0 Å². The molecule has 1 unspecified atom stereocenters. The highest BCUT2D eigenvalue weighted by molar-refractivity contribution is 9.10. The van der Waals surface area contributed by atoms with Crippen LogP contribution in [-0.2, 0) is 4.79 Å². The van der Waals surface area contributed by atoms with E-state index in [2.05, 4.69) is 26.2 Å². The van der Waals surface area contributed by atoms with Crippen LogP contribution in [0, 0.1) is 0 Å². The first-order valence-electron chi connectivity index (χ1n) is 9.32. The Kier molecular flexibility index (Phi) is 5.63. The molecule has 2 N–H and O–H groups in total. The van der Waals surface area contributed by atoms with Crippen molar-refractivity contribution in [1.82, 2.24) is 9.55 Å². The van der Waals surface area contributed by atoms with Crippen molar-refractivity contribution in [3.05, 3.63) is 94.7 Å². The Morgan fingerprint density at radius 2 is 1.77 bits per heavy atom. The SMILES string of the molecule is O=C(O)CC(c1ccccc1)n1cnc2cc(NC(=O)c3ccccc3Br)ccc21. The number of carboxylic acid groups (broad SMARTS) is 1. The van der Waals surface area contributed by atoms with E-state index in [1.807, 2.05) is 53.1 Å². The second-order valence-electron chi connectivity index (χ2n) is 6.81. The molecule has 6 nitrogen and oxygen atoms in total. The van der Waals surface area contributed by atoms with Crippen molar-refractivity contribution < 1.29 is 14.7 Å². The maximum absolute atomic E-state index is 12.6. The summed E-state index contributed by atoms with van der Waals surface area (Å²) in [5.41, 5.74) is 3.51. The van der Waals surface area contributed by atoms with Crippen LogP contribution in [0.15, 0.2) is 83.6 Å². The number of fused-ring (bicyclic) bond motifs is 1. The van der Waals surface area contributed by atoms with E-state index in [1.165, 1.54) is 0 Å². The summed E-state index contributed by atoms with van der Waals surface area (Å²) in [4.78, 5) is 28.5. The van der Waals surface area contributed by atoms with Crippen molar-refractivity contribution in [1.29, 1.82) is 0 Å². The van der Waals surface area contributed by atoms with E-state index < -0.39 is 5.97 Å². The fourth-order valence-corrected chi connectivity index (χ4v) is 3.88. The number of nitrogens with one attached hydrogen (secondary N) is 1. The summed E-state index contributed by atoms with van der Waals surface area (Å²) in [7, 11) is 0. The lowest BCUT2D eigenvalue weighted by Crippen LogP contribution is -2.14. The van der Waals surface area contributed by atoms with Crippen LogP contribution in [-0.4, -0.2) is 26.5 Å². The minimum absolute atomic E-state index is 0.0595. The molecule has 0 fully saturated rings. The molecule has 30 heavy (non-hydrogen) atoms. The lowest BCUT2D eigenvalue weighted by Gasteiger charge is -2.18. The van der Waals surface area contributed by atoms with E-state index in [4.69, 9.17) is 0 Å². The topological polar surface area (TPSA) is 84.2 Å². The van der Waals surface area contributed by atoms with Gasteiger partial charge in [0.2, 0.25) is 0 Å². The van der Waals surface area contributed by atoms with E-state index in [0.29, 0.717) is 21.2 Å². The molecule has 0 aliphatic rings. The Bertz CT molecular complexity index is 1220. The Morgan fingerprint density at radius 3 is 2.50 bits per heavy atom. The van der Waals surface area contributed by atoms with E-state index in [1.54, 1.807) is 30.6 Å². The number of hydrogen-bond donors (Lipinski definition) is 2. The third-order valence-electron chi connectivity index (χ3n) is 4.84. The number of carbonyl (C=O) groups is 2. The van der Waals surface area contributed by atoms with Gasteiger partial charge in [0, 0.05) is 10.2 Å². The molecule has 1 atom stereocenters. The van der Waals surface area contributed by atoms with Gasteiger partial charge >= 0.3 is 5.97 Å². The van der Waals surface area contributed by atoms with Crippen LogP contribution < -0.4 is 5.32 Å². The molecule has 0 saturated heterocycles. The number of carboxylic acids is 1. The monoisotopic (exact) mass is 463 g/mol. The second-order valence-corrected chi connectivity index (χ2v) is 7.67. The fourth-order valence-electron chi connectivity index (χ4n) is 3.42. The molecule has 1 aromatic heterocycles. The van der Waals surface area contributed by atoms with Crippen molar-refractivity contribution in [2.24, 2.45) is 0 Å². The average molecular weight is 464 g/mol. The summed E-state index contributed by atoms with van der Waals surface area (Å²) in [6, 6.07) is 21.7. The van der Waals surface area contributed by atoms with Gasteiger partial charge in [0.25, 0.3) is 5.91 Å². The first kappa shape index (κ1) is 19.8. The number of hydrogen-bond acceptors (Lipinski definition) is 3. The number of aromatic nitrogens is 2. The van der Waals surface area contributed by atoms with Gasteiger partial charge < -0.3 is 15.0 Å². The van der Waals surface area contributed by atoms with Crippen LogP contribution in [0.1, 0.15) is 28.4 Å². The van der Waals surface area contributed by atoms with Crippen molar-refractivity contribution in [3.63, 3.8) is 0 Å². The molecule has 0 aliphatic carbocycles. The highest BCUT2D eigenvalue weighted by atomic mass is 79.9. The smallest absolute Gasteiger partial charge is 0.305 e. The molecule has 1 heterocycles. The highest BCUT2D eigenvalue weighted by Gasteiger charge is 2.20. The zero-order valence-corrected chi connectivity index (χ0v) is 17.4. The first-order chi connectivity index (χ1) is 14.5. The van der Waals surface area contributed by atoms with E-state index in [-0.39, 0.29) is 18.4 Å². The van der Waals surface area contributed by atoms with Crippen LogP contribution in [0.3, 0.4) is 0 Å². The van der Waals surface area contributed by atoms with Crippen molar-refractivity contribution in [3.8, 4) is 0 Å². The fraction of sp³-hybridized carbons (Fsp3) is 0.0870. The number of halogens is 1. The van der Waals surface area contributed by atoms with Crippen LogP contribution in [0.4, 0.5) is 5.69 Å². The van der Waals surface area contributed by atoms with Crippen molar-refractivity contribution in [2.45, 2.75) is 12.5 Å². The minimum atomic E-state index is -0.886. The van der Waals surface area contributed by atoms with Crippen molar-refractivity contribution in [2.75, 3.05) is 5.32 Å². The third-order valence-corrected chi connectivity index (χ3v) is 5.53. The summed E-state index contributed by atoms with van der Waals surface area (Å²) >= 11 is 3.39. The standard InChI is InChI=1S/C23H18BrN3O3/c24-18-9-5-4-8-17(18)23(30)26-16-10-11-20-19(12-16)25-14-27(20)21(13-22(28)29)15-6-2-1-3-7-15/h1-12,14,21H,13H2,(H,26,30)(H,28,29). The molecule has 0 bridgehead atoms. The predicted molar refractivity (Wildman–Crippen MR) is 119 cm³/mol. The second kappa shape index (κ2) is 8.51. The molecule has 3 aromatic carbocycles. The van der Waals surface area contributed by atoms with Crippen LogP contribution >= 0.6 is 15.9 Å².